The number of carbonyl (C=O) groups is 1. The molecule has 32 heavy (non-hydrogen) atoms. The lowest BCUT2D eigenvalue weighted by molar-refractivity contribution is -0.137. The molecule has 0 aromatic heterocycles. The highest BCUT2D eigenvalue weighted by Crippen LogP contribution is 2.29. The van der Waals surface area contributed by atoms with Crippen LogP contribution in [0.5, 0.6) is 0 Å². The first-order valence-corrected chi connectivity index (χ1v) is 10.7. The van der Waals surface area contributed by atoms with E-state index < -0.39 is 23.8 Å². The van der Waals surface area contributed by atoms with Gasteiger partial charge in [0.2, 0.25) is 0 Å². The second-order valence-corrected chi connectivity index (χ2v) is 8.11. The molecule has 0 aliphatic carbocycles. The minimum atomic E-state index is -4.53. The van der Waals surface area contributed by atoms with E-state index in [1.54, 1.807) is 0 Å². The summed E-state index contributed by atoms with van der Waals surface area (Å²) in [5.74, 6) is -0.515. The van der Waals surface area contributed by atoms with Crippen LogP contribution in [0.25, 0.3) is 0 Å². The molecule has 0 bridgehead atoms. The van der Waals surface area contributed by atoms with Crippen molar-refractivity contribution in [1.29, 1.82) is 0 Å². The Morgan fingerprint density at radius 1 is 1.38 bits per heavy atom. The predicted molar refractivity (Wildman–Crippen MR) is 112 cm³/mol. The van der Waals surface area contributed by atoms with E-state index >= 15 is 0 Å². The number of alkyl halides is 3. The van der Waals surface area contributed by atoms with E-state index in [4.69, 9.17) is 14.2 Å². The molecule has 1 saturated heterocycles. The van der Waals surface area contributed by atoms with E-state index in [9.17, 15) is 23.1 Å². The first-order valence-electron chi connectivity index (χ1n) is 10.7. The molecule has 2 atom stereocenters. The number of halogens is 3. The van der Waals surface area contributed by atoms with Crippen LogP contribution in [0, 0.1) is 0 Å². The number of nitrogens with zero attached hydrogens (tertiary/aromatic N) is 2. The largest absolute Gasteiger partial charge is 0.416 e. The standard InChI is InChI=1S/C22H33F3N2O5/c1-16(2)32-15-19(28)12-26-7-10-31-20(13-26)14-27(8-9-30-3)21(29)17-5-4-6-18(11-17)22(23,24)25/h4-6,11,16,19-20,28H,7-10,12-15H2,1-3H3/t19-,20+/m0/s1. The Morgan fingerprint density at radius 2 is 2.12 bits per heavy atom. The molecule has 182 valence electrons. The Bertz CT molecular complexity index is 717. The number of hydrogen-bond donors (Lipinski definition) is 1. The van der Waals surface area contributed by atoms with Crippen molar-refractivity contribution in [2.75, 3.05) is 59.7 Å². The lowest BCUT2D eigenvalue weighted by Crippen LogP contribution is -2.51. The van der Waals surface area contributed by atoms with Crippen LogP contribution >= 0.6 is 0 Å². The van der Waals surface area contributed by atoms with E-state index in [0.29, 0.717) is 26.2 Å². The van der Waals surface area contributed by atoms with E-state index in [-0.39, 0.29) is 44.1 Å². The molecule has 1 aromatic rings. The topological polar surface area (TPSA) is 71.5 Å². The predicted octanol–water partition coefficient (Wildman–Crippen LogP) is 2.28. The molecule has 10 heteroatoms. The third kappa shape index (κ3) is 8.67. The summed E-state index contributed by atoms with van der Waals surface area (Å²) in [6, 6.07) is 4.40. The van der Waals surface area contributed by atoms with Crippen molar-refractivity contribution in [3.63, 3.8) is 0 Å². The average molecular weight is 463 g/mol. The molecule has 0 unspecified atom stereocenters. The minimum absolute atomic E-state index is 0.0262. The van der Waals surface area contributed by atoms with Crippen molar-refractivity contribution in [3.8, 4) is 0 Å². The molecule has 1 fully saturated rings. The molecular weight excluding hydrogens is 429 g/mol. The van der Waals surface area contributed by atoms with Gasteiger partial charge in [0, 0.05) is 45.4 Å². The normalized spacial score (nSPS) is 18.7. The highest BCUT2D eigenvalue weighted by atomic mass is 19.4. The van der Waals surface area contributed by atoms with Gasteiger partial charge in [-0.2, -0.15) is 13.2 Å². The van der Waals surface area contributed by atoms with Crippen molar-refractivity contribution in [2.45, 2.75) is 38.3 Å². The highest BCUT2D eigenvalue weighted by Gasteiger charge is 2.32. The number of carbonyl (C=O) groups excluding carboxylic acids is 1. The number of hydrogen-bond acceptors (Lipinski definition) is 6. The Hall–Kier alpha value is -1.72. The van der Waals surface area contributed by atoms with Crippen molar-refractivity contribution in [1.82, 2.24) is 9.80 Å². The summed E-state index contributed by atoms with van der Waals surface area (Å²) in [6.45, 7) is 6.64. The summed E-state index contributed by atoms with van der Waals surface area (Å²) in [6.07, 6.45) is -5.49. The first kappa shape index (κ1) is 26.5. The van der Waals surface area contributed by atoms with Gasteiger partial charge < -0.3 is 24.2 Å². The molecule has 1 aliphatic heterocycles. The monoisotopic (exact) mass is 462 g/mol. The molecule has 1 N–H and O–H groups in total. The smallest absolute Gasteiger partial charge is 0.389 e. The fourth-order valence-corrected chi connectivity index (χ4v) is 3.45. The first-order chi connectivity index (χ1) is 15.1. The number of aliphatic hydroxyl groups excluding tert-OH is 1. The van der Waals surface area contributed by atoms with Gasteiger partial charge >= 0.3 is 6.18 Å². The van der Waals surface area contributed by atoms with Crippen LogP contribution in [0.1, 0.15) is 29.8 Å². The summed E-state index contributed by atoms with van der Waals surface area (Å²) in [7, 11) is 1.49. The molecule has 1 aromatic carbocycles. The zero-order valence-corrected chi connectivity index (χ0v) is 18.8. The van der Waals surface area contributed by atoms with Crippen LogP contribution in [-0.4, -0.2) is 98.8 Å². The fourth-order valence-electron chi connectivity index (χ4n) is 3.45. The fraction of sp³-hybridized carbons (Fsp3) is 0.682. The highest BCUT2D eigenvalue weighted by molar-refractivity contribution is 5.94. The third-order valence-corrected chi connectivity index (χ3v) is 5.03. The molecule has 1 amide bonds. The third-order valence-electron chi connectivity index (χ3n) is 5.03. The van der Waals surface area contributed by atoms with E-state index in [2.05, 4.69) is 0 Å². The summed E-state index contributed by atoms with van der Waals surface area (Å²) >= 11 is 0. The zero-order valence-electron chi connectivity index (χ0n) is 18.8. The zero-order chi connectivity index (χ0) is 23.7. The van der Waals surface area contributed by atoms with Gasteiger partial charge in [-0.05, 0) is 32.0 Å². The van der Waals surface area contributed by atoms with E-state index in [0.717, 1.165) is 12.1 Å². The lowest BCUT2D eigenvalue weighted by atomic mass is 10.1. The number of morpholine rings is 1. The summed E-state index contributed by atoms with van der Waals surface area (Å²) < 4.78 is 55.5. The number of rotatable bonds is 11. The van der Waals surface area contributed by atoms with Crippen molar-refractivity contribution in [2.24, 2.45) is 0 Å². The number of methoxy groups -OCH3 is 1. The Balaban J connectivity index is 2.02. The lowest BCUT2D eigenvalue weighted by Gasteiger charge is -2.36. The van der Waals surface area contributed by atoms with Gasteiger partial charge in [0.05, 0.1) is 43.7 Å². The molecule has 0 radical (unpaired) electrons. The van der Waals surface area contributed by atoms with Crippen LogP contribution in [-0.2, 0) is 20.4 Å². The maximum Gasteiger partial charge on any atom is 0.416 e. The molecule has 0 saturated carbocycles. The van der Waals surface area contributed by atoms with Crippen LogP contribution in [0.4, 0.5) is 13.2 Å². The molecule has 7 nitrogen and oxygen atoms in total. The number of ether oxygens (including phenoxy) is 3. The maximum absolute atomic E-state index is 13.1. The quantitative estimate of drug-likeness (QED) is 0.544. The summed E-state index contributed by atoms with van der Waals surface area (Å²) in [5, 5.41) is 10.2. The van der Waals surface area contributed by atoms with Gasteiger partial charge in [-0.1, -0.05) is 6.07 Å². The summed E-state index contributed by atoms with van der Waals surface area (Å²) in [5.41, 5.74) is -0.905. The van der Waals surface area contributed by atoms with Crippen LogP contribution < -0.4 is 0 Å². The van der Waals surface area contributed by atoms with Gasteiger partial charge in [0.15, 0.2) is 0 Å². The van der Waals surface area contributed by atoms with Gasteiger partial charge in [0.1, 0.15) is 0 Å². The second kappa shape index (κ2) is 12.5. The molecule has 1 aliphatic rings. The number of benzene rings is 1. The van der Waals surface area contributed by atoms with Crippen LogP contribution in [0.2, 0.25) is 0 Å². The van der Waals surface area contributed by atoms with Gasteiger partial charge in [0.25, 0.3) is 5.91 Å². The number of aliphatic hydroxyl groups is 1. The van der Waals surface area contributed by atoms with E-state index in [1.807, 2.05) is 18.7 Å². The molecular formula is C22H33F3N2O5. The Kier molecular flexibility index (Phi) is 10.4. The van der Waals surface area contributed by atoms with Crippen molar-refractivity contribution in [3.05, 3.63) is 35.4 Å². The van der Waals surface area contributed by atoms with E-state index in [1.165, 1.54) is 24.1 Å². The van der Waals surface area contributed by atoms with Gasteiger partial charge in [-0.3, -0.25) is 9.69 Å². The van der Waals surface area contributed by atoms with Gasteiger partial charge in [-0.15, -0.1) is 0 Å². The van der Waals surface area contributed by atoms with Crippen LogP contribution in [0.15, 0.2) is 24.3 Å². The molecule has 0 spiro atoms. The maximum atomic E-state index is 13.1. The SMILES string of the molecule is COCCN(C[C@H]1CN(C[C@H](O)COC(C)C)CCO1)C(=O)c1cccc(C(F)(F)F)c1. The van der Waals surface area contributed by atoms with Crippen molar-refractivity contribution >= 4 is 5.91 Å². The Labute approximate surface area is 187 Å². The molecule has 2 rings (SSSR count). The Morgan fingerprint density at radius 3 is 2.78 bits per heavy atom. The number of β-amino-alcohol motifs (C(OH)–C–C–N with tert-alkyl or cyclic N) is 1. The summed E-state index contributed by atoms with van der Waals surface area (Å²) in [4.78, 5) is 16.5. The minimum Gasteiger partial charge on any atom is -0.389 e. The molecule has 1 heterocycles. The van der Waals surface area contributed by atoms with Crippen molar-refractivity contribution < 1.29 is 37.3 Å². The van der Waals surface area contributed by atoms with Gasteiger partial charge in [-0.25, -0.2) is 0 Å². The number of amides is 1. The second-order valence-electron chi connectivity index (χ2n) is 8.11. The average Bonchev–Trinajstić information content (AvgIpc) is 2.74. The van der Waals surface area contributed by atoms with Crippen LogP contribution in [0.3, 0.4) is 0 Å².